The molecule has 0 aromatic rings. The minimum atomic E-state index is -4.89. The summed E-state index contributed by atoms with van der Waals surface area (Å²) in [4.78, 5) is 10.5. The second-order valence-corrected chi connectivity index (χ2v) is 4.68. The third-order valence-electron chi connectivity index (χ3n) is 3.44. The van der Waals surface area contributed by atoms with E-state index >= 15 is 0 Å². The lowest BCUT2D eigenvalue weighted by molar-refractivity contribution is -0.283. The zero-order chi connectivity index (χ0) is 13.1. The fourth-order valence-corrected chi connectivity index (χ4v) is 2.46. The molecule has 0 aromatic carbocycles. The van der Waals surface area contributed by atoms with Gasteiger partial charge in [0.05, 0.1) is 6.42 Å². The SMILES string of the molecule is O=C(O)CC(O)(C1CCCCCC1)C(F)(F)F. The Morgan fingerprint density at radius 3 is 1.94 bits per heavy atom. The predicted molar refractivity (Wildman–Crippen MR) is 54.4 cm³/mol. The smallest absolute Gasteiger partial charge is 0.418 e. The molecule has 1 rings (SSSR count). The molecule has 1 aliphatic carbocycles. The minimum Gasteiger partial charge on any atom is -0.481 e. The molecule has 1 fully saturated rings. The Morgan fingerprint density at radius 1 is 1.12 bits per heavy atom. The Hall–Kier alpha value is -0.780. The van der Waals surface area contributed by atoms with Gasteiger partial charge in [0.1, 0.15) is 0 Å². The lowest BCUT2D eigenvalue weighted by Crippen LogP contribution is -2.52. The molecule has 6 heteroatoms. The van der Waals surface area contributed by atoms with Crippen molar-refractivity contribution in [1.29, 1.82) is 0 Å². The van der Waals surface area contributed by atoms with Crippen LogP contribution in [0.15, 0.2) is 0 Å². The molecule has 1 atom stereocenters. The average molecular weight is 254 g/mol. The molecule has 2 N–H and O–H groups in total. The first-order valence-electron chi connectivity index (χ1n) is 5.78. The summed E-state index contributed by atoms with van der Waals surface area (Å²) in [7, 11) is 0. The van der Waals surface area contributed by atoms with Crippen LogP contribution >= 0.6 is 0 Å². The number of aliphatic carboxylic acids is 1. The molecular formula is C11H17F3O3. The monoisotopic (exact) mass is 254 g/mol. The maximum atomic E-state index is 12.9. The lowest BCUT2D eigenvalue weighted by atomic mass is 9.79. The summed E-state index contributed by atoms with van der Waals surface area (Å²) in [5.74, 6) is -2.62. The number of aliphatic hydroxyl groups is 1. The number of alkyl halides is 3. The molecule has 17 heavy (non-hydrogen) atoms. The zero-order valence-corrected chi connectivity index (χ0v) is 9.46. The molecule has 0 bridgehead atoms. The van der Waals surface area contributed by atoms with E-state index in [1.807, 2.05) is 0 Å². The number of hydrogen-bond acceptors (Lipinski definition) is 2. The number of carboxylic acids is 1. The van der Waals surface area contributed by atoms with Gasteiger partial charge in [-0.1, -0.05) is 25.7 Å². The second kappa shape index (κ2) is 5.25. The Balaban J connectivity index is 2.91. The number of halogens is 3. The van der Waals surface area contributed by atoms with Crippen molar-refractivity contribution in [3.05, 3.63) is 0 Å². The van der Waals surface area contributed by atoms with E-state index in [0.717, 1.165) is 12.8 Å². The van der Waals surface area contributed by atoms with Crippen LogP contribution in [-0.4, -0.2) is 28.0 Å². The van der Waals surface area contributed by atoms with Gasteiger partial charge < -0.3 is 10.2 Å². The molecule has 1 unspecified atom stereocenters. The van der Waals surface area contributed by atoms with E-state index in [1.54, 1.807) is 0 Å². The van der Waals surface area contributed by atoms with Gasteiger partial charge in [0.25, 0.3) is 0 Å². The van der Waals surface area contributed by atoms with E-state index in [-0.39, 0.29) is 12.8 Å². The van der Waals surface area contributed by atoms with Crippen LogP contribution in [0.25, 0.3) is 0 Å². The van der Waals surface area contributed by atoms with Crippen molar-refractivity contribution in [1.82, 2.24) is 0 Å². The Kier molecular flexibility index (Phi) is 4.41. The van der Waals surface area contributed by atoms with Crippen LogP contribution in [-0.2, 0) is 4.79 Å². The van der Waals surface area contributed by atoms with Crippen LogP contribution in [0, 0.1) is 5.92 Å². The van der Waals surface area contributed by atoms with Crippen molar-refractivity contribution < 1.29 is 28.2 Å². The van der Waals surface area contributed by atoms with Gasteiger partial charge >= 0.3 is 12.1 Å². The highest BCUT2D eigenvalue weighted by molar-refractivity contribution is 5.68. The van der Waals surface area contributed by atoms with Gasteiger partial charge in [-0.3, -0.25) is 4.79 Å². The summed E-state index contributed by atoms with van der Waals surface area (Å²) in [6.45, 7) is 0. The van der Waals surface area contributed by atoms with Gasteiger partial charge in [-0.25, -0.2) is 0 Å². The molecule has 1 saturated carbocycles. The minimum absolute atomic E-state index is 0.239. The molecule has 100 valence electrons. The van der Waals surface area contributed by atoms with Crippen LogP contribution < -0.4 is 0 Å². The maximum Gasteiger partial charge on any atom is 0.418 e. The van der Waals surface area contributed by atoms with Crippen LogP contribution in [0.2, 0.25) is 0 Å². The largest absolute Gasteiger partial charge is 0.481 e. The van der Waals surface area contributed by atoms with Crippen molar-refractivity contribution in [2.45, 2.75) is 56.7 Å². The van der Waals surface area contributed by atoms with Crippen LogP contribution in [0.3, 0.4) is 0 Å². The molecule has 3 nitrogen and oxygen atoms in total. The highest BCUT2D eigenvalue weighted by Crippen LogP contribution is 2.44. The van der Waals surface area contributed by atoms with E-state index in [2.05, 4.69) is 0 Å². The first-order chi connectivity index (χ1) is 7.77. The van der Waals surface area contributed by atoms with Gasteiger partial charge in [-0.15, -0.1) is 0 Å². The normalized spacial score (nSPS) is 22.8. The van der Waals surface area contributed by atoms with Gasteiger partial charge in [-0.2, -0.15) is 13.2 Å². The van der Waals surface area contributed by atoms with Gasteiger partial charge in [0.2, 0.25) is 0 Å². The zero-order valence-electron chi connectivity index (χ0n) is 9.46. The summed E-state index contributed by atoms with van der Waals surface area (Å²) in [6.07, 6.45) is -2.76. The Labute approximate surface area is 97.6 Å². The highest BCUT2D eigenvalue weighted by Gasteiger charge is 2.58. The lowest BCUT2D eigenvalue weighted by Gasteiger charge is -2.36. The molecule has 1 aliphatic rings. The van der Waals surface area contributed by atoms with E-state index in [0.29, 0.717) is 12.8 Å². The summed E-state index contributed by atoms with van der Waals surface area (Å²) < 4.78 is 38.6. The van der Waals surface area contributed by atoms with E-state index < -0.39 is 30.1 Å². The molecule has 0 spiro atoms. The van der Waals surface area contributed by atoms with Crippen molar-refractivity contribution >= 4 is 5.97 Å². The van der Waals surface area contributed by atoms with Crippen LogP contribution in [0.4, 0.5) is 13.2 Å². The Bertz CT molecular complexity index is 270. The molecule has 0 aliphatic heterocycles. The first-order valence-corrected chi connectivity index (χ1v) is 5.78. The van der Waals surface area contributed by atoms with Gasteiger partial charge in [-0.05, 0) is 18.8 Å². The summed E-state index contributed by atoms with van der Waals surface area (Å²) in [6, 6.07) is 0. The third kappa shape index (κ3) is 3.34. The summed E-state index contributed by atoms with van der Waals surface area (Å²) >= 11 is 0. The summed E-state index contributed by atoms with van der Waals surface area (Å²) in [5, 5.41) is 18.3. The number of carbonyl (C=O) groups is 1. The topological polar surface area (TPSA) is 57.5 Å². The van der Waals surface area contributed by atoms with Gasteiger partial charge in [0.15, 0.2) is 5.60 Å². The number of rotatable bonds is 3. The standard InChI is InChI=1S/C11H17F3O3/c12-11(13,14)10(17,7-9(15)16)8-5-3-1-2-4-6-8/h8,17H,1-7H2,(H,15,16). The average Bonchev–Trinajstić information content (AvgIpc) is 2.42. The highest BCUT2D eigenvalue weighted by atomic mass is 19.4. The van der Waals surface area contributed by atoms with Crippen molar-refractivity contribution in [2.75, 3.05) is 0 Å². The van der Waals surface area contributed by atoms with Gasteiger partial charge in [0, 0.05) is 0 Å². The number of hydrogen-bond donors (Lipinski definition) is 2. The Morgan fingerprint density at radius 2 is 1.59 bits per heavy atom. The van der Waals surface area contributed by atoms with Crippen LogP contribution in [0.1, 0.15) is 44.9 Å². The molecule has 0 amide bonds. The fraction of sp³-hybridized carbons (Fsp3) is 0.909. The van der Waals surface area contributed by atoms with Crippen molar-refractivity contribution in [2.24, 2.45) is 5.92 Å². The first kappa shape index (κ1) is 14.3. The quantitative estimate of drug-likeness (QED) is 0.761. The molecule has 0 radical (unpaired) electrons. The molecular weight excluding hydrogens is 237 g/mol. The van der Waals surface area contributed by atoms with E-state index in [1.165, 1.54) is 0 Å². The fourth-order valence-electron chi connectivity index (χ4n) is 2.46. The van der Waals surface area contributed by atoms with Crippen LogP contribution in [0.5, 0.6) is 0 Å². The summed E-state index contributed by atoms with van der Waals surface area (Å²) in [5.41, 5.74) is -3.08. The predicted octanol–water partition coefficient (Wildman–Crippen LogP) is 2.72. The maximum absolute atomic E-state index is 12.9. The van der Waals surface area contributed by atoms with E-state index in [4.69, 9.17) is 5.11 Å². The second-order valence-electron chi connectivity index (χ2n) is 4.68. The molecule has 0 aromatic heterocycles. The van der Waals surface area contributed by atoms with E-state index in [9.17, 15) is 23.1 Å². The number of carboxylic acid groups (broad SMARTS) is 1. The third-order valence-corrected chi connectivity index (χ3v) is 3.44. The molecule has 0 saturated heterocycles. The van der Waals surface area contributed by atoms with Crippen molar-refractivity contribution in [3.8, 4) is 0 Å². The van der Waals surface area contributed by atoms with Crippen molar-refractivity contribution in [3.63, 3.8) is 0 Å². The molecule has 0 heterocycles.